The summed E-state index contributed by atoms with van der Waals surface area (Å²) in [4.78, 5) is 35.4. The van der Waals surface area contributed by atoms with Gasteiger partial charge in [0, 0.05) is 38.8 Å². The summed E-state index contributed by atoms with van der Waals surface area (Å²) in [6.45, 7) is 8.12. The molecule has 2 heterocycles. The van der Waals surface area contributed by atoms with Crippen molar-refractivity contribution in [3.8, 4) is 11.1 Å². The molecule has 1 aliphatic carbocycles. The van der Waals surface area contributed by atoms with E-state index < -0.39 is 24.0 Å². The van der Waals surface area contributed by atoms with Crippen molar-refractivity contribution in [1.29, 1.82) is 0 Å². The van der Waals surface area contributed by atoms with Crippen LogP contribution in [-0.2, 0) is 28.5 Å². The number of amides is 2. The van der Waals surface area contributed by atoms with Crippen LogP contribution in [0.4, 0.5) is 4.79 Å². The van der Waals surface area contributed by atoms with Crippen molar-refractivity contribution in [2.75, 3.05) is 26.9 Å². The summed E-state index contributed by atoms with van der Waals surface area (Å²) >= 11 is 0. The van der Waals surface area contributed by atoms with Crippen molar-refractivity contribution in [1.82, 2.24) is 10.6 Å². The highest BCUT2D eigenvalue weighted by Gasteiger charge is 2.42. The number of Topliss-reactive ketones (excluding diaryl/α,β-unsaturated/α-hetero) is 1. The predicted octanol–water partition coefficient (Wildman–Crippen LogP) is 6.79. The number of hydrogen-bond donors (Lipinski definition) is 3. The first-order valence-corrected chi connectivity index (χ1v) is 18.2. The van der Waals surface area contributed by atoms with Gasteiger partial charge in [-0.15, -0.1) is 6.58 Å². The Hall–Kier alpha value is -3.57. The van der Waals surface area contributed by atoms with Gasteiger partial charge in [0.25, 0.3) is 0 Å². The van der Waals surface area contributed by atoms with Crippen LogP contribution in [0.25, 0.3) is 11.1 Å². The lowest BCUT2D eigenvalue weighted by atomic mass is 9.91. The van der Waals surface area contributed by atoms with E-state index in [-0.39, 0.29) is 36.4 Å². The van der Waals surface area contributed by atoms with E-state index in [2.05, 4.69) is 34.1 Å². The third-order valence-electron chi connectivity index (χ3n) is 9.78. The van der Waals surface area contributed by atoms with Gasteiger partial charge < -0.3 is 29.4 Å². The monoisotopic (exact) mass is 692 g/mol. The van der Waals surface area contributed by atoms with Crippen molar-refractivity contribution in [2.24, 2.45) is 5.92 Å². The molecule has 3 aliphatic rings. The maximum absolute atomic E-state index is 12.7. The Morgan fingerprint density at radius 1 is 1.00 bits per heavy atom. The van der Waals surface area contributed by atoms with Crippen LogP contribution in [0.2, 0.25) is 0 Å². The summed E-state index contributed by atoms with van der Waals surface area (Å²) in [5.74, 6) is -1.52. The van der Waals surface area contributed by atoms with Gasteiger partial charge in [-0.3, -0.25) is 14.9 Å². The number of benzene rings is 2. The number of hydrogen-bond acceptors (Lipinski definition) is 8. The highest BCUT2D eigenvalue weighted by Crippen LogP contribution is 2.44. The molecule has 2 fully saturated rings. The highest BCUT2D eigenvalue weighted by atomic mass is 16.7. The minimum atomic E-state index is -1.37. The van der Waals surface area contributed by atoms with Crippen molar-refractivity contribution in [3.63, 3.8) is 0 Å². The minimum absolute atomic E-state index is 0.0811. The largest absolute Gasteiger partial charge is 0.448 e. The molecule has 5 atom stereocenters. The van der Waals surface area contributed by atoms with Gasteiger partial charge in [0.05, 0.1) is 24.7 Å². The molecule has 3 N–H and O–H groups in total. The molecule has 0 radical (unpaired) electrons. The molecule has 10 heteroatoms. The Morgan fingerprint density at radius 3 is 2.16 bits per heavy atom. The summed E-state index contributed by atoms with van der Waals surface area (Å²) < 4.78 is 23.1. The second-order valence-electron chi connectivity index (χ2n) is 13.6. The molecule has 0 aromatic heterocycles. The predicted molar refractivity (Wildman–Crippen MR) is 192 cm³/mol. The lowest BCUT2D eigenvalue weighted by Crippen LogP contribution is -2.48. The van der Waals surface area contributed by atoms with E-state index in [1.807, 2.05) is 42.5 Å². The number of ketones is 1. The van der Waals surface area contributed by atoms with Crippen molar-refractivity contribution in [2.45, 2.75) is 115 Å². The Morgan fingerprint density at radius 2 is 1.60 bits per heavy atom. The van der Waals surface area contributed by atoms with Crippen LogP contribution in [0.1, 0.15) is 102 Å². The van der Waals surface area contributed by atoms with Gasteiger partial charge in [-0.2, -0.15) is 0 Å². The Kier molecular flexibility index (Phi) is 15.5. The summed E-state index contributed by atoms with van der Waals surface area (Å²) in [6, 6.07) is 16.2. The van der Waals surface area contributed by atoms with Gasteiger partial charge in [0.2, 0.25) is 5.91 Å². The number of methoxy groups -OCH3 is 1. The normalized spacial score (nSPS) is 22.2. The molecule has 274 valence electrons. The van der Waals surface area contributed by atoms with E-state index in [0.717, 1.165) is 86.5 Å². The summed E-state index contributed by atoms with van der Waals surface area (Å²) in [6.07, 6.45) is 10.4. The molecule has 0 bridgehead atoms. The van der Waals surface area contributed by atoms with E-state index in [1.165, 1.54) is 0 Å². The van der Waals surface area contributed by atoms with Crippen LogP contribution in [0, 0.1) is 5.92 Å². The first kappa shape index (κ1) is 39.2. The number of fused-ring (bicyclic) bond motifs is 3. The van der Waals surface area contributed by atoms with E-state index in [9.17, 15) is 19.5 Å². The molecular formula is C40H56N2O8. The van der Waals surface area contributed by atoms with E-state index >= 15 is 0 Å². The Bertz CT molecular complexity index is 1370. The lowest BCUT2D eigenvalue weighted by Gasteiger charge is -2.46. The molecule has 0 unspecified atom stereocenters. The average molecular weight is 693 g/mol. The maximum Gasteiger partial charge on any atom is 0.409 e. The summed E-state index contributed by atoms with van der Waals surface area (Å²) in [7, 11) is 1.59. The van der Waals surface area contributed by atoms with Gasteiger partial charge in [-0.25, -0.2) is 4.79 Å². The van der Waals surface area contributed by atoms with Crippen LogP contribution in [-0.4, -0.2) is 74.0 Å². The van der Waals surface area contributed by atoms with Crippen LogP contribution in [0.15, 0.2) is 61.2 Å². The number of nitrogens with one attached hydrogen (secondary N) is 2. The molecule has 5 rings (SSSR count). The molecule has 2 aromatic carbocycles. The third-order valence-corrected chi connectivity index (χ3v) is 9.78. The number of allylic oxidation sites excluding steroid dienone is 1. The number of aliphatic hydroxyl groups excluding tert-OH is 1. The first-order valence-electron chi connectivity index (χ1n) is 18.2. The quantitative estimate of drug-likeness (QED) is 0.106. The Labute approximate surface area is 297 Å². The molecule has 2 aromatic rings. The number of carbonyl (C=O) groups is 3. The van der Waals surface area contributed by atoms with Gasteiger partial charge in [0.1, 0.15) is 18.6 Å². The SMILES string of the molecule is C=CCC[C@@H]1CCC[C@]2(CCC[C@@H](CCCNC(=O)[C@@H](C)[C@@H](O)NC(=O)OCC3c4ccccc4-c4ccccc43)O2)O1.COCCC(C)=O. The smallest absolute Gasteiger partial charge is 0.409 e. The number of rotatable bonds is 15. The molecular weight excluding hydrogens is 636 g/mol. The van der Waals surface area contributed by atoms with Crippen LogP contribution >= 0.6 is 0 Å². The van der Waals surface area contributed by atoms with Gasteiger partial charge in [-0.1, -0.05) is 54.6 Å². The first-order chi connectivity index (χ1) is 24.2. The van der Waals surface area contributed by atoms with Crippen LogP contribution in [0.5, 0.6) is 0 Å². The van der Waals surface area contributed by atoms with Gasteiger partial charge in [-0.05, 0) is 87.5 Å². The minimum Gasteiger partial charge on any atom is -0.448 e. The van der Waals surface area contributed by atoms with Crippen LogP contribution < -0.4 is 10.6 Å². The average Bonchev–Trinajstić information content (AvgIpc) is 3.44. The molecule has 50 heavy (non-hydrogen) atoms. The van der Waals surface area contributed by atoms with E-state index in [4.69, 9.17) is 14.2 Å². The highest BCUT2D eigenvalue weighted by molar-refractivity contribution is 5.80. The van der Waals surface area contributed by atoms with Gasteiger partial charge >= 0.3 is 6.09 Å². The summed E-state index contributed by atoms with van der Waals surface area (Å²) in [5, 5.41) is 15.8. The van der Waals surface area contributed by atoms with Crippen molar-refractivity contribution < 1.29 is 38.4 Å². The maximum atomic E-state index is 12.7. The number of alkyl carbamates (subject to hydrolysis) is 1. The number of ether oxygens (including phenoxy) is 4. The fraction of sp³-hybridized carbons (Fsp3) is 0.575. The zero-order chi connectivity index (χ0) is 35.9. The fourth-order valence-electron chi connectivity index (χ4n) is 7.00. The molecule has 0 saturated carbocycles. The zero-order valence-electron chi connectivity index (χ0n) is 30.0. The summed E-state index contributed by atoms with van der Waals surface area (Å²) in [5.41, 5.74) is 4.50. The van der Waals surface area contributed by atoms with Crippen LogP contribution in [0.3, 0.4) is 0 Å². The topological polar surface area (TPSA) is 132 Å². The third kappa shape index (κ3) is 11.2. The molecule has 2 aliphatic heterocycles. The Balaban J connectivity index is 0.000000727. The second-order valence-corrected chi connectivity index (χ2v) is 13.6. The zero-order valence-corrected chi connectivity index (χ0v) is 30.0. The second kappa shape index (κ2) is 19.7. The molecule has 2 saturated heterocycles. The lowest BCUT2D eigenvalue weighted by molar-refractivity contribution is -0.315. The van der Waals surface area contributed by atoms with E-state index in [1.54, 1.807) is 21.0 Å². The van der Waals surface area contributed by atoms with Crippen molar-refractivity contribution >= 4 is 17.8 Å². The fourth-order valence-corrected chi connectivity index (χ4v) is 7.00. The molecule has 10 nitrogen and oxygen atoms in total. The number of carbonyl (C=O) groups excluding carboxylic acids is 3. The van der Waals surface area contributed by atoms with Gasteiger partial charge in [0.15, 0.2) is 5.79 Å². The standard InChI is InChI=1S/C35H46N2O6.C5H10O2/c1-3-4-12-25-13-9-20-35(42-25)21-10-14-26(43-35)15-11-22-36-32(38)24(2)33(39)37-34(40)41-23-31-29-18-7-5-16-27(29)28-17-6-8-19-30(28)31;1-5(6)3-4-7-2/h3,5-8,16-19,24-26,31,33,39H,1,4,9-15,20-23H2,2H3,(H,36,38)(H,37,40);3-4H2,1-2H3/t24-,25-,26+,33-,35+;/m1./s1. The molecule has 1 spiro atoms. The van der Waals surface area contributed by atoms with Crippen molar-refractivity contribution in [3.05, 3.63) is 72.3 Å². The number of aliphatic hydroxyl groups is 1. The van der Waals surface area contributed by atoms with E-state index in [0.29, 0.717) is 19.6 Å². The molecule has 2 amide bonds.